The number of nitroso groups, excluding NO2 is 1. The highest BCUT2D eigenvalue weighted by Gasteiger charge is 1.96. The van der Waals surface area contributed by atoms with Crippen LogP contribution < -0.4 is 11.3 Å². The van der Waals surface area contributed by atoms with Gasteiger partial charge in [-0.2, -0.15) is 0 Å². The molecule has 11 heavy (non-hydrogen) atoms. The van der Waals surface area contributed by atoms with Gasteiger partial charge in [-0.3, -0.25) is 5.84 Å². The van der Waals surface area contributed by atoms with E-state index in [2.05, 4.69) is 10.6 Å². The van der Waals surface area contributed by atoms with Crippen LogP contribution in [-0.2, 0) is 0 Å². The van der Waals surface area contributed by atoms with Crippen molar-refractivity contribution >= 4 is 28.7 Å². The zero-order valence-corrected chi connectivity index (χ0v) is 6.97. The molecule has 0 saturated carbocycles. The number of rotatable bonds is 2. The lowest BCUT2D eigenvalue weighted by atomic mass is 10.3. The van der Waals surface area contributed by atoms with Gasteiger partial charge in [-0.1, -0.05) is 12.1 Å². The van der Waals surface area contributed by atoms with E-state index in [-0.39, 0.29) is 17.4 Å². The molecular formula is C6H7AlN3O. The third-order valence-electron chi connectivity index (χ3n) is 1.16. The highest BCUT2D eigenvalue weighted by atomic mass is 27.0. The topological polar surface area (TPSA) is 67.5 Å². The Kier molecular flexibility index (Phi) is 4.46. The first kappa shape index (κ1) is 10.1. The second-order valence-electron chi connectivity index (χ2n) is 1.75. The van der Waals surface area contributed by atoms with Gasteiger partial charge in [0.25, 0.3) is 0 Å². The van der Waals surface area contributed by atoms with Crippen LogP contribution in [0.3, 0.4) is 0 Å². The SMILES string of the molecule is NNc1ccccc1N=O.[Al]. The summed E-state index contributed by atoms with van der Waals surface area (Å²) in [6.07, 6.45) is 0. The van der Waals surface area contributed by atoms with E-state index >= 15 is 0 Å². The first-order valence-electron chi connectivity index (χ1n) is 2.77. The summed E-state index contributed by atoms with van der Waals surface area (Å²) >= 11 is 0. The molecule has 0 spiro atoms. The van der Waals surface area contributed by atoms with Gasteiger partial charge in [0.1, 0.15) is 5.69 Å². The molecule has 0 amide bonds. The Morgan fingerprint density at radius 1 is 1.36 bits per heavy atom. The molecular weight excluding hydrogens is 157 g/mol. The number of hydrogen-bond acceptors (Lipinski definition) is 4. The molecule has 0 bridgehead atoms. The standard InChI is InChI=1S/C6H7N3O.Al/c7-8-5-3-1-2-4-6(5)9-10;/h1-4,8H,7H2;. The maximum atomic E-state index is 10.0. The van der Waals surface area contributed by atoms with E-state index in [1.165, 1.54) is 0 Å². The molecule has 55 valence electrons. The van der Waals surface area contributed by atoms with Crippen molar-refractivity contribution in [2.75, 3.05) is 5.43 Å². The molecule has 0 aliphatic rings. The summed E-state index contributed by atoms with van der Waals surface area (Å²) in [5.74, 6) is 5.08. The molecule has 0 aliphatic carbocycles. The fraction of sp³-hybridized carbons (Fsp3) is 0. The zero-order chi connectivity index (χ0) is 7.40. The average molecular weight is 164 g/mol. The van der Waals surface area contributed by atoms with E-state index in [1.54, 1.807) is 24.3 Å². The predicted octanol–water partition coefficient (Wildman–Crippen LogP) is 0.989. The number of nitrogens with one attached hydrogen (secondary N) is 1. The Labute approximate surface area is 74.9 Å². The van der Waals surface area contributed by atoms with Crippen LogP contribution in [0, 0.1) is 4.91 Å². The van der Waals surface area contributed by atoms with Crippen molar-refractivity contribution in [3.05, 3.63) is 29.2 Å². The fourth-order valence-electron chi connectivity index (χ4n) is 0.675. The quantitative estimate of drug-likeness (QED) is 0.296. The van der Waals surface area contributed by atoms with Gasteiger partial charge in [-0.05, 0) is 17.3 Å². The van der Waals surface area contributed by atoms with E-state index in [4.69, 9.17) is 5.84 Å². The van der Waals surface area contributed by atoms with Crippen LogP contribution in [-0.4, -0.2) is 17.4 Å². The van der Waals surface area contributed by atoms with Crippen LogP contribution in [0.25, 0.3) is 0 Å². The summed E-state index contributed by atoms with van der Waals surface area (Å²) in [5, 5.41) is 2.75. The second-order valence-corrected chi connectivity index (χ2v) is 1.75. The van der Waals surface area contributed by atoms with Gasteiger partial charge in [0.2, 0.25) is 0 Å². The van der Waals surface area contributed by atoms with Crippen LogP contribution >= 0.6 is 0 Å². The molecule has 5 heteroatoms. The largest absolute Gasteiger partial charge is 0.322 e. The van der Waals surface area contributed by atoms with Crippen LogP contribution in [0.5, 0.6) is 0 Å². The number of nitrogens with two attached hydrogens (primary N) is 1. The van der Waals surface area contributed by atoms with Crippen molar-refractivity contribution in [3.8, 4) is 0 Å². The molecule has 3 radical (unpaired) electrons. The molecule has 0 atom stereocenters. The Hall–Kier alpha value is -0.888. The molecule has 0 heterocycles. The lowest BCUT2D eigenvalue weighted by molar-refractivity contribution is 1.33. The summed E-state index contributed by atoms with van der Waals surface area (Å²) in [7, 11) is 0. The number of para-hydroxylation sites is 1. The Morgan fingerprint density at radius 2 is 2.00 bits per heavy atom. The van der Waals surface area contributed by atoms with Crippen molar-refractivity contribution in [1.29, 1.82) is 0 Å². The second kappa shape index (κ2) is 4.86. The van der Waals surface area contributed by atoms with Crippen LogP contribution in [0.2, 0.25) is 0 Å². The number of benzene rings is 1. The number of nitrogens with zero attached hydrogens (tertiary/aromatic N) is 1. The first-order chi connectivity index (χ1) is 4.88. The van der Waals surface area contributed by atoms with Gasteiger partial charge < -0.3 is 5.43 Å². The molecule has 1 aromatic rings. The van der Waals surface area contributed by atoms with Crippen molar-refractivity contribution < 1.29 is 0 Å². The number of hydrogen-bond donors (Lipinski definition) is 2. The van der Waals surface area contributed by atoms with E-state index in [0.717, 1.165) is 0 Å². The van der Waals surface area contributed by atoms with Crippen molar-refractivity contribution in [2.45, 2.75) is 0 Å². The van der Waals surface area contributed by atoms with E-state index in [0.29, 0.717) is 11.4 Å². The zero-order valence-electron chi connectivity index (χ0n) is 5.82. The number of hydrazine groups is 1. The molecule has 0 saturated heterocycles. The Morgan fingerprint density at radius 3 is 2.45 bits per heavy atom. The average Bonchev–Trinajstić information content (AvgIpc) is 2.04. The summed E-state index contributed by atoms with van der Waals surface area (Å²) in [6, 6.07) is 6.75. The summed E-state index contributed by atoms with van der Waals surface area (Å²) in [5.41, 5.74) is 3.22. The Bertz CT molecular complexity index is 241. The van der Waals surface area contributed by atoms with E-state index < -0.39 is 0 Å². The van der Waals surface area contributed by atoms with Gasteiger partial charge in [-0.15, -0.1) is 4.91 Å². The minimum atomic E-state index is 0. The molecule has 4 nitrogen and oxygen atoms in total. The van der Waals surface area contributed by atoms with E-state index in [1.807, 2.05) is 0 Å². The third-order valence-corrected chi connectivity index (χ3v) is 1.16. The first-order valence-corrected chi connectivity index (χ1v) is 2.77. The van der Waals surface area contributed by atoms with Gasteiger partial charge in [0.05, 0.1) is 5.69 Å². The third kappa shape index (κ3) is 2.31. The minimum Gasteiger partial charge on any atom is -0.322 e. The highest BCUT2D eigenvalue weighted by Crippen LogP contribution is 2.21. The summed E-state index contributed by atoms with van der Waals surface area (Å²) in [4.78, 5) is 10.0. The van der Waals surface area contributed by atoms with Crippen molar-refractivity contribution in [2.24, 2.45) is 11.0 Å². The highest BCUT2D eigenvalue weighted by molar-refractivity contribution is 5.75. The molecule has 0 aromatic heterocycles. The van der Waals surface area contributed by atoms with Crippen LogP contribution in [0.1, 0.15) is 0 Å². The predicted molar refractivity (Wildman–Crippen MR) is 45.5 cm³/mol. The van der Waals surface area contributed by atoms with Gasteiger partial charge in [0, 0.05) is 17.4 Å². The maximum absolute atomic E-state index is 10.0. The minimum absolute atomic E-state index is 0. The van der Waals surface area contributed by atoms with Crippen LogP contribution in [0.4, 0.5) is 11.4 Å². The molecule has 0 unspecified atom stereocenters. The van der Waals surface area contributed by atoms with Crippen molar-refractivity contribution in [3.63, 3.8) is 0 Å². The molecule has 1 aromatic carbocycles. The van der Waals surface area contributed by atoms with Crippen LogP contribution in [0.15, 0.2) is 29.4 Å². The lowest BCUT2D eigenvalue weighted by Gasteiger charge is -1.98. The van der Waals surface area contributed by atoms with Gasteiger partial charge in [0.15, 0.2) is 0 Å². The van der Waals surface area contributed by atoms with Crippen molar-refractivity contribution in [1.82, 2.24) is 0 Å². The number of nitrogen functional groups attached to an aromatic ring is 1. The molecule has 1 rings (SSSR count). The fourth-order valence-corrected chi connectivity index (χ4v) is 0.675. The van der Waals surface area contributed by atoms with Gasteiger partial charge >= 0.3 is 0 Å². The molecule has 0 fully saturated rings. The van der Waals surface area contributed by atoms with E-state index in [9.17, 15) is 4.91 Å². The lowest BCUT2D eigenvalue weighted by Crippen LogP contribution is -2.06. The van der Waals surface area contributed by atoms with Gasteiger partial charge in [-0.25, -0.2) is 0 Å². The smallest absolute Gasteiger partial charge is 0.132 e. The monoisotopic (exact) mass is 164 g/mol. The summed E-state index contributed by atoms with van der Waals surface area (Å²) < 4.78 is 0. The molecule has 0 aliphatic heterocycles. The molecule has 3 N–H and O–H groups in total. The summed E-state index contributed by atoms with van der Waals surface area (Å²) in [6.45, 7) is 0. The Balaban J connectivity index is 0.000001000. The normalized spacial score (nSPS) is 8.09. The number of anilines is 1. The maximum Gasteiger partial charge on any atom is 0.132 e.